The number of imide groups is 1. The Morgan fingerprint density at radius 1 is 0.775 bits per heavy atom. The number of carbonyl (C=O) groups excluding carboxylic acids is 2. The number of amides is 2. The van der Waals surface area contributed by atoms with Gasteiger partial charge in [-0.3, -0.25) is 0 Å². The molecule has 0 aliphatic carbocycles. The van der Waals surface area contributed by atoms with Crippen molar-refractivity contribution in [2.24, 2.45) is 0 Å². The zero-order valence-corrected chi connectivity index (χ0v) is 25.6. The second kappa shape index (κ2) is 13.3. The maximum atomic E-state index is 12.7. The van der Waals surface area contributed by atoms with Crippen LogP contribution in [-0.2, 0) is 9.47 Å². The quantitative estimate of drug-likeness (QED) is 0.223. The highest BCUT2D eigenvalue weighted by Crippen LogP contribution is 2.35. The van der Waals surface area contributed by atoms with Crippen LogP contribution in [0.25, 0.3) is 20.2 Å². The highest BCUT2D eigenvalue weighted by molar-refractivity contribution is 7.14. The summed E-state index contributed by atoms with van der Waals surface area (Å²) in [7, 11) is 0. The maximum Gasteiger partial charge on any atom is 0.425 e. The summed E-state index contributed by atoms with van der Waals surface area (Å²) < 4.78 is 20.9. The van der Waals surface area contributed by atoms with E-state index in [4.69, 9.17) is 38.4 Å². The molecular formula is C28H38Cl2N4O4S2. The lowest BCUT2D eigenvalue weighted by molar-refractivity contribution is 0.0430. The van der Waals surface area contributed by atoms with Crippen molar-refractivity contribution >= 4 is 90.3 Å². The molecule has 0 spiro atoms. The van der Waals surface area contributed by atoms with E-state index in [1.165, 1.54) is 11.5 Å². The normalized spacial score (nSPS) is 11.2. The molecule has 2 amide bonds. The van der Waals surface area contributed by atoms with Crippen LogP contribution in [0.5, 0.6) is 0 Å². The number of anilines is 2. The largest absolute Gasteiger partial charge is 0.443 e. The predicted molar refractivity (Wildman–Crippen MR) is 172 cm³/mol. The Bertz CT molecular complexity index is 1480. The van der Waals surface area contributed by atoms with Gasteiger partial charge in [-0.2, -0.15) is 13.6 Å². The molecular weight excluding hydrogens is 591 g/mol. The van der Waals surface area contributed by atoms with Crippen LogP contribution in [0, 0.1) is 13.8 Å². The molecule has 2 N–H and O–H groups in total. The van der Waals surface area contributed by atoms with E-state index < -0.39 is 23.4 Å². The van der Waals surface area contributed by atoms with Gasteiger partial charge in [0, 0.05) is 20.8 Å². The van der Waals surface area contributed by atoms with E-state index in [0.29, 0.717) is 16.2 Å². The molecule has 4 aromatic rings. The van der Waals surface area contributed by atoms with Crippen LogP contribution < -0.4 is 10.6 Å². The van der Waals surface area contributed by atoms with E-state index in [9.17, 15) is 9.59 Å². The number of carbonyl (C=O) groups is 2. The van der Waals surface area contributed by atoms with Gasteiger partial charge in [0.15, 0.2) is 5.82 Å². The Balaban J connectivity index is 0.000000479. The molecule has 0 bridgehead atoms. The SMILES string of the molecule is C.C.Cc1cc2c(N(C(=O)OC(C)(C)C)C(=O)OC(C)(C)C)nsc2cc1Cl.Cc1cc2c(N)nsc2cc1Cl. The molecule has 0 unspecified atom stereocenters. The van der Waals surface area contributed by atoms with Crippen LogP contribution in [0.2, 0.25) is 10.0 Å². The summed E-state index contributed by atoms with van der Waals surface area (Å²) in [5.74, 6) is 0.767. The van der Waals surface area contributed by atoms with Crippen molar-refractivity contribution in [3.05, 3.63) is 45.4 Å². The second-order valence-corrected chi connectivity index (χ2v) is 13.0. The summed E-state index contributed by atoms with van der Waals surface area (Å²) in [6.45, 7) is 14.1. The van der Waals surface area contributed by atoms with Gasteiger partial charge in [0.1, 0.15) is 17.0 Å². The Morgan fingerprint density at radius 3 is 1.62 bits per heavy atom. The van der Waals surface area contributed by atoms with E-state index in [2.05, 4.69) is 8.75 Å². The molecule has 0 saturated carbocycles. The number of fused-ring (bicyclic) bond motifs is 2. The van der Waals surface area contributed by atoms with Crippen molar-refractivity contribution in [2.75, 3.05) is 10.6 Å². The van der Waals surface area contributed by atoms with Crippen LogP contribution in [0.15, 0.2) is 24.3 Å². The first-order valence-corrected chi connectivity index (χ1v) is 13.9. The Hall–Kier alpha value is -2.66. The number of nitrogens with zero attached hydrogens (tertiary/aromatic N) is 3. The molecule has 0 saturated heterocycles. The zero-order chi connectivity index (χ0) is 28.6. The fourth-order valence-electron chi connectivity index (χ4n) is 3.17. The lowest BCUT2D eigenvalue weighted by Gasteiger charge is -2.27. The van der Waals surface area contributed by atoms with Crippen LogP contribution >= 0.6 is 46.3 Å². The molecule has 4 rings (SSSR count). The van der Waals surface area contributed by atoms with E-state index in [1.54, 1.807) is 53.7 Å². The lowest BCUT2D eigenvalue weighted by atomic mass is 10.2. The summed E-state index contributed by atoms with van der Waals surface area (Å²) in [5.41, 5.74) is 5.95. The topological polar surface area (TPSA) is 108 Å². The number of hydrogen-bond acceptors (Lipinski definition) is 9. The average Bonchev–Trinajstić information content (AvgIpc) is 3.30. The number of ether oxygens (including phenoxy) is 2. The van der Waals surface area contributed by atoms with Gasteiger partial charge < -0.3 is 15.2 Å². The number of nitrogen functional groups attached to an aromatic ring is 1. The Kier molecular flexibility index (Phi) is 11.8. The molecule has 0 fully saturated rings. The van der Waals surface area contributed by atoms with Crippen molar-refractivity contribution < 1.29 is 19.1 Å². The van der Waals surface area contributed by atoms with Crippen molar-refractivity contribution in [1.82, 2.24) is 8.75 Å². The third-order valence-corrected chi connectivity index (χ3v) is 7.31. The van der Waals surface area contributed by atoms with Crippen molar-refractivity contribution in [3.8, 4) is 0 Å². The first-order valence-electron chi connectivity index (χ1n) is 11.6. The van der Waals surface area contributed by atoms with Crippen LogP contribution in [0.3, 0.4) is 0 Å². The van der Waals surface area contributed by atoms with Gasteiger partial charge in [0.2, 0.25) is 0 Å². The number of rotatable bonds is 1. The van der Waals surface area contributed by atoms with Crippen molar-refractivity contribution in [2.45, 2.75) is 81.4 Å². The first kappa shape index (κ1) is 35.4. The number of aromatic nitrogens is 2. The monoisotopic (exact) mass is 628 g/mol. The van der Waals surface area contributed by atoms with Crippen molar-refractivity contribution in [3.63, 3.8) is 0 Å². The van der Waals surface area contributed by atoms with Crippen LogP contribution in [0.1, 0.15) is 67.5 Å². The number of hydrogen-bond donors (Lipinski definition) is 1. The molecule has 40 heavy (non-hydrogen) atoms. The smallest absolute Gasteiger partial charge is 0.425 e. The molecule has 2 heterocycles. The minimum Gasteiger partial charge on any atom is -0.443 e. The van der Waals surface area contributed by atoms with Gasteiger partial charge in [0.25, 0.3) is 0 Å². The van der Waals surface area contributed by atoms with E-state index in [0.717, 1.165) is 47.4 Å². The number of halogens is 2. The lowest BCUT2D eigenvalue weighted by Crippen LogP contribution is -2.44. The molecule has 0 radical (unpaired) electrons. The third kappa shape index (κ3) is 8.67. The van der Waals surface area contributed by atoms with Crippen molar-refractivity contribution in [1.29, 1.82) is 0 Å². The first-order chi connectivity index (χ1) is 17.5. The minimum absolute atomic E-state index is 0. The fraction of sp³-hybridized carbons (Fsp3) is 0.429. The summed E-state index contributed by atoms with van der Waals surface area (Å²) in [4.78, 5) is 26.3. The molecule has 8 nitrogen and oxygen atoms in total. The predicted octanol–water partition coefficient (Wildman–Crippen LogP) is 10.0. The molecule has 0 atom stereocenters. The summed E-state index contributed by atoms with van der Waals surface area (Å²) >= 11 is 14.6. The third-order valence-electron chi connectivity index (χ3n) is 4.88. The van der Waals surface area contributed by atoms with Gasteiger partial charge in [-0.15, -0.1) is 0 Å². The summed E-state index contributed by atoms with van der Waals surface area (Å²) in [6, 6.07) is 7.42. The maximum absolute atomic E-state index is 12.7. The van der Waals surface area contributed by atoms with Crippen LogP contribution in [0.4, 0.5) is 21.2 Å². The average molecular weight is 630 g/mol. The van der Waals surface area contributed by atoms with Gasteiger partial charge in [0.05, 0.1) is 9.40 Å². The highest BCUT2D eigenvalue weighted by Gasteiger charge is 2.35. The molecule has 220 valence electrons. The standard InChI is InChI=1S/C18H23ClN2O4S.C8H7ClN2S.2CH4/c1-10-8-11-13(9-12(10)19)26-20-14(11)21(15(22)24-17(2,3)4)16(23)25-18(5,6)7;1-4-2-5-7(3-6(4)9)12-11-8(5)10;;/h8-9H,1-7H3;2-3H,1H3,(H2,10,11);2*1H4. The number of nitrogens with two attached hydrogens (primary N) is 1. The Labute approximate surface area is 254 Å². The summed E-state index contributed by atoms with van der Waals surface area (Å²) in [5, 5.41) is 3.00. The number of benzene rings is 2. The Morgan fingerprint density at radius 2 is 1.18 bits per heavy atom. The van der Waals surface area contributed by atoms with E-state index in [1.807, 2.05) is 26.0 Å². The van der Waals surface area contributed by atoms with Gasteiger partial charge >= 0.3 is 12.2 Å². The molecule has 2 aromatic heterocycles. The molecule has 0 aliphatic rings. The van der Waals surface area contributed by atoms with Gasteiger partial charge in [-0.25, -0.2) is 9.59 Å². The fourth-order valence-corrected chi connectivity index (χ4v) is 5.13. The van der Waals surface area contributed by atoms with E-state index in [-0.39, 0.29) is 20.7 Å². The molecule has 12 heteroatoms. The van der Waals surface area contributed by atoms with Gasteiger partial charge in [-0.1, -0.05) is 38.1 Å². The molecule has 0 aliphatic heterocycles. The second-order valence-electron chi connectivity index (χ2n) is 10.6. The summed E-state index contributed by atoms with van der Waals surface area (Å²) in [6.07, 6.45) is -1.68. The molecule has 2 aromatic carbocycles. The highest BCUT2D eigenvalue weighted by atomic mass is 35.5. The van der Waals surface area contributed by atoms with E-state index >= 15 is 0 Å². The van der Waals surface area contributed by atoms with Crippen LogP contribution in [-0.4, -0.2) is 32.1 Å². The zero-order valence-electron chi connectivity index (χ0n) is 22.4. The number of aryl methyl sites for hydroxylation is 2. The van der Waals surface area contributed by atoms with Gasteiger partial charge in [-0.05, 0) is 114 Å². The minimum atomic E-state index is -0.841.